The van der Waals surface area contributed by atoms with Crippen LogP contribution in [0, 0.1) is 0 Å². The number of para-hydroxylation sites is 1. The Labute approximate surface area is 85.4 Å². The summed E-state index contributed by atoms with van der Waals surface area (Å²) in [4.78, 5) is 8.15. The molecule has 1 aromatic carbocycles. The van der Waals surface area contributed by atoms with Crippen LogP contribution >= 0.6 is 11.6 Å². The summed E-state index contributed by atoms with van der Waals surface area (Å²) < 4.78 is 5.12. The molecule has 0 atom stereocenters. The zero-order valence-electron chi connectivity index (χ0n) is 7.27. The van der Waals surface area contributed by atoms with Crippen molar-refractivity contribution in [3.05, 3.63) is 24.6 Å². The highest BCUT2D eigenvalue weighted by molar-refractivity contribution is 6.28. The van der Waals surface area contributed by atoms with E-state index in [1.54, 1.807) is 0 Å². The van der Waals surface area contributed by atoms with E-state index < -0.39 is 0 Å². The quantitative estimate of drug-likeness (QED) is 0.468. The van der Waals surface area contributed by atoms with Gasteiger partial charge in [0, 0.05) is 0 Å². The minimum atomic E-state index is 0.203. The summed E-state index contributed by atoms with van der Waals surface area (Å²) in [6.45, 7) is 0. The summed E-state index contributed by atoms with van der Waals surface area (Å²) in [7, 11) is 0. The van der Waals surface area contributed by atoms with E-state index in [1.807, 2.05) is 18.2 Å². The molecule has 0 aliphatic rings. The lowest BCUT2D eigenvalue weighted by Crippen LogP contribution is -2.12. The van der Waals surface area contributed by atoms with E-state index >= 15 is 0 Å². The second kappa shape index (κ2) is 3.67. The molecule has 0 saturated carbocycles. The molecule has 1 heterocycles. The number of hydrogen-bond acceptors (Lipinski definition) is 3. The van der Waals surface area contributed by atoms with Crippen LogP contribution in [0.3, 0.4) is 0 Å². The van der Waals surface area contributed by atoms with Gasteiger partial charge in [-0.1, -0.05) is 6.07 Å². The maximum Gasteiger partial charge on any atom is 0.182 e. The van der Waals surface area contributed by atoms with Gasteiger partial charge in [-0.25, -0.2) is 9.98 Å². The van der Waals surface area contributed by atoms with Crippen LogP contribution in [-0.4, -0.2) is 16.7 Å². The zero-order chi connectivity index (χ0) is 9.97. The van der Waals surface area contributed by atoms with Crippen molar-refractivity contribution in [3.8, 4) is 0 Å². The van der Waals surface area contributed by atoms with Gasteiger partial charge in [0.15, 0.2) is 12.0 Å². The molecule has 0 aliphatic heterocycles. The van der Waals surface area contributed by atoms with Crippen LogP contribution in [0.1, 0.15) is 0 Å². The van der Waals surface area contributed by atoms with Crippen molar-refractivity contribution >= 4 is 34.2 Å². The van der Waals surface area contributed by atoms with Crippen molar-refractivity contribution in [3.63, 3.8) is 0 Å². The molecule has 72 valence electrons. The third-order valence-electron chi connectivity index (χ3n) is 1.74. The number of nitrogens with two attached hydrogens (primary N) is 1. The summed E-state index contributed by atoms with van der Waals surface area (Å²) >= 11 is 5.53. The first-order valence-electron chi connectivity index (χ1n) is 4.02. The Morgan fingerprint density at radius 2 is 2.43 bits per heavy atom. The van der Waals surface area contributed by atoms with Crippen molar-refractivity contribution in [2.45, 2.75) is 0 Å². The van der Waals surface area contributed by atoms with Crippen LogP contribution in [0.5, 0.6) is 0 Å². The predicted octanol–water partition coefficient (Wildman–Crippen LogP) is 2.06. The highest BCUT2D eigenvalue weighted by Crippen LogP contribution is 2.23. The fourth-order valence-corrected chi connectivity index (χ4v) is 1.21. The number of nitrogens with zero attached hydrogens (tertiary/aromatic N) is 2. The van der Waals surface area contributed by atoms with Gasteiger partial charge in [0.1, 0.15) is 11.4 Å². The largest absolute Gasteiger partial charge is 0.443 e. The number of amidine groups is 1. The lowest BCUT2D eigenvalue weighted by molar-refractivity contribution is 0.602. The Bertz CT molecular complexity index is 478. The van der Waals surface area contributed by atoms with E-state index in [9.17, 15) is 0 Å². The van der Waals surface area contributed by atoms with E-state index in [1.165, 1.54) is 6.39 Å². The summed E-state index contributed by atoms with van der Waals surface area (Å²) in [5.41, 5.74) is 7.58. The normalized spacial score (nSPS) is 12.2. The lowest BCUT2D eigenvalue weighted by Gasteiger charge is -1.96. The molecule has 5 heteroatoms. The van der Waals surface area contributed by atoms with Crippen molar-refractivity contribution in [2.75, 3.05) is 5.88 Å². The highest BCUT2D eigenvalue weighted by Gasteiger charge is 2.03. The maximum atomic E-state index is 5.53. The van der Waals surface area contributed by atoms with Gasteiger partial charge in [-0.15, -0.1) is 11.6 Å². The number of aromatic nitrogens is 1. The summed E-state index contributed by atoms with van der Waals surface area (Å²) in [5, 5.41) is 0. The van der Waals surface area contributed by atoms with Gasteiger partial charge in [0.05, 0.1) is 11.6 Å². The van der Waals surface area contributed by atoms with E-state index in [0.717, 1.165) is 0 Å². The lowest BCUT2D eigenvalue weighted by atomic mass is 10.3. The van der Waals surface area contributed by atoms with Gasteiger partial charge in [-0.2, -0.15) is 0 Å². The first-order valence-corrected chi connectivity index (χ1v) is 4.56. The molecule has 0 saturated heterocycles. The Morgan fingerprint density at radius 3 is 3.21 bits per heavy atom. The van der Waals surface area contributed by atoms with Gasteiger partial charge >= 0.3 is 0 Å². The number of rotatable bonds is 2. The van der Waals surface area contributed by atoms with Crippen molar-refractivity contribution in [1.82, 2.24) is 4.98 Å². The standard InChI is InChI=1S/C9H8ClN3O/c10-4-8(11)13-6-2-1-3-7-9(6)12-5-14-7/h1-3,5H,4H2,(H2,11,13). The molecule has 0 bridgehead atoms. The summed E-state index contributed by atoms with van der Waals surface area (Å²) in [5.74, 6) is 0.566. The van der Waals surface area contributed by atoms with Crippen LogP contribution in [0.15, 0.2) is 34.0 Å². The molecule has 2 rings (SSSR count). The predicted molar refractivity (Wildman–Crippen MR) is 56.0 cm³/mol. The smallest absolute Gasteiger partial charge is 0.182 e. The number of alkyl halides is 1. The van der Waals surface area contributed by atoms with Gasteiger partial charge in [-0.05, 0) is 12.1 Å². The number of benzene rings is 1. The van der Waals surface area contributed by atoms with Crippen LogP contribution in [-0.2, 0) is 0 Å². The van der Waals surface area contributed by atoms with E-state index in [2.05, 4.69) is 9.98 Å². The number of aliphatic imine (C=N–C) groups is 1. The molecule has 14 heavy (non-hydrogen) atoms. The highest BCUT2D eigenvalue weighted by atomic mass is 35.5. The number of halogens is 1. The number of fused-ring (bicyclic) bond motifs is 1. The van der Waals surface area contributed by atoms with E-state index in [4.69, 9.17) is 21.8 Å². The molecule has 4 nitrogen and oxygen atoms in total. The average molecular weight is 210 g/mol. The summed E-state index contributed by atoms with van der Waals surface area (Å²) in [6.07, 6.45) is 1.38. The Morgan fingerprint density at radius 1 is 1.57 bits per heavy atom. The second-order valence-electron chi connectivity index (χ2n) is 2.71. The Hall–Kier alpha value is -1.55. The SMILES string of the molecule is NC(CCl)=Nc1cccc2ocnc12. The fourth-order valence-electron chi connectivity index (χ4n) is 1.15. The van der Waals surface area contributed by atoms with Gasteiger partial charge in [0.2, 0.25) is 0 Å². The van der Waals surface area contributed by atoms with Gasteiger partial charge < -0.3 is 10.2 Å². The number of hydrogen-bond donors (Lipinski definition) is 1. The molecule has 0 radical (unpaired) electrons. The van der Waals surface area contributed by atoms with E-state index in [0.29, 0.717) is 22.6 Å². The van der Waals surface area contributed by atoms with Crippen LogP contribution < -0.4 is 5.73 Å². The number of oxazole rings is 1. The first-order chi connectivity index (χ1) is 6.81. The maximum absolute atomic E-state index is 5.53. The molecular weight excluding hydrogens is 202 g/mol. The molecular formula is C9H8ClN3O. The Kier molecular flexibility index (Phi) is 2.37. The molecule has 0 amide bonds. The van der Waals surface area contributed by atoms with Gasteiger partial charge in [-0.3, -0.25) is 0 Å². The first kappa shape index (κ1) is 9.02. The molecule has 0 spiro atoms. The third-order valence-corrected chi connectivity index (χ3v) is 2.01. The topological polar surface area (TPSA) is 64.4 Å². The minimum absolute atomic E-state index is 0.203. The molecule has 2 aromatic rings. The van der Waals surface area contributed by atoms with Crippen LogP contribution in [0.25, 0.3) is 11.1 Å². The van der Waals surface area contributed by atoms with Crippen molar-refractivity contribution < 1.29 is 4.42 Å². The van der Waals surface area contributed by atoms with E-state index in [-0.39, 0.29) is 5.88 Å². The molecule has 2 N–H and O–H groups in total. The second-order valence-corrected chi connectivity index (χ2v) is 2.98. The van der Waals surface area contributed by atoms with Crippen molar-refractivity contribution in [2.24, 2.45) is 10.7 Å². The zero-order valence-corrected chi connectivity index (χ0v) is 8.03. The van der Waals surface area contributed by atoms with Crippen LogP contribution in [0.4, 0.5) is 5.69 Å². The van der Waals surface area contributed by atoms with Crippen LogP contribution in [0.2, 0.25) is 0 Å². The van der Waals surface area contributed by atoms with Crippen molar-refractivity contribution in [1.29, 1.82) is 0 Å². The monoisotopic (exact) mass is 209 g/mol. The molecule has 0 aliphatic carbocycles. The molecule has 0 fully saturated rings. The van der Waals surface area contributed by atoms with Gasteiger partial charge in [0.25, 0.3) is 0 Å². The minimum Gasteiger partial charge on any atom is -0.443 e. The molecule has 1 aromatic heterocycles. The summed E-state index contributed by atoms with van der Waals surface area (Å²) in [6, 6.07) is 5.45. The third kappa shape index (κ3) is 1.56. The average Bonchev–Trinajstić information content (AvgIpc) is 2.66. The fraction of sp³-hybridized carbons (Fsp3) is 0.111. The Balaban J connectivity index is 2.56. The molecule has 0 unspecified atom stereocenters.